The van der Waals surface area contributed by atoms with E-state index in [-0.39, 0.29) is 89.7 Å². The van der Waals surface area contributed by atoms with Crippen LogP contribution in [0.2, 0.25) is 0 Å². The van der Waals surface area contributed by atoms with E-state index in [1.165, 1.54) is 27.7 Å². The van der Waals surface area contributed by atoms with Crippen molar-refractivity contribution in [2.75, 3.05) is 13.2 Å². The molecule has 0 unspecified atom stereocenters. The number of hydrogen-bond donors (Lipinski definition) is 1. The van der Waals surface area contributed by atoms with Gasteiger partial charge in [0.05, 0.1) is 19.3 Å². The molecule has 0 radical (unpaired) electrons. The molecule has 0 aromatic rings. The average Bonchev–Trinajstić information content (AvgIpc) is 3.28. The molecule has 4 rings (SSSR count). The van der Waals surface area contributed by atoms with Gasteiger partial charge >= 0.3 is 23.9 Å². The Morgan fingerprint density at radius 3 is 2.02 bits per heavy atom. The van der Waals surface area contributed by atoms with Crippen molar-refractivity contribution < 1.29 is 43.2 Å². The van der Waals surface area contributed by atoms with Gasteiger partial charge in [0.2, 0.25) is 0 Å². The highest BCUT2D eigenvalue weighted by molar-refractivity contribution is 5.67. The van der Waals surface area contributed by atoms with E-state index < -0.39 is 6.10 Å². The van der Waals surface area contributed by atoms with E-state index in [0.29, 0.717) is 18.3 Å². The van der Waals surface area contributed by atoms with Crippen molar-refractivity contribution in [1.82, 2.24) is 0 Å². The van der Waals surface area contributed by atoms with Gasteiger partial charge in [-0.1, -0.05) is 33.6 Å². The SMILES string of the molecule is CC(=O)OCC(CCC[C@@H](C)[C@H]1CC[C@H]2[C@@H]3[C@H](OC(C)=O)C[C@H]4C[C@H](OC(C)=O)CC[C@]4(C)[C@H]3C[C@H](O)[C@]12C)COC(C)=O. The highest BCUT2D eigenvalue weighted by Gasteiger charge is 2.66. The highest BCUT2D eigenvalue weighted by Crippen LogP contribution is 2.69. The van der Waals surface area contributed by atoms with Crippen molar-refractivity contribution in [2.24, 2.45) is 52.3 Å². The maximum absolute atomic E-state index is 12.4. The number of carbonyl (C=O) groups is 4. The van der Waals surface area contributed by atoms with Crippen LogP contribution in [0.25, 0.3) is 0 Å². The molecule has 1 N–H and O–H groups in total. The lowest BCUT2D eigenvalue weighted by Gasteiger charge is -2.64. The second-order valence-electron chi connectivity index (χ2n) is 15.1. The molecule has 9 nitrogen and oxygen atoms in total. The number of esters is 4. The van der Waals surface area contributed by atoms with Crippen LogP contribution in [-0.4, -0.2) is 60.5 Å². The normalized spacial score (nSPS) is 38.5. The molecule has 250 valence electrons. The van der Waals surface area contributed by atoms with Gasteiger partial charge in [-0.2, -0.15) is 0 Å². The van der Waals surface area contributed by atoms with Crippen molar-refractivity contribution in [1.29, 1.82) is 0 Å². The first-order chi connectivity index (χ1) is 20.7. The first kappa shape index (κ1) is 34.7. The van der Waals surface area contributed by atoms with E-state index in [1.807, 2.05) is 0 Å². The number of ether oxygens (including phenoxy) is 4. The van der Waals surface area contributed by atoms with Crippen molar-refractivity contribution in [3.05, 3.63) is 0 Å². The summed E-state index contributed by atoms with van der Waals surface area (Å²) < 4.78 is 22.2. The lowest BCUT2D eigenvalue weighted by atomic mass is 9.43. The Hall–Kier alpha value is -2.16. The van der Waals surface area contributed by atoms with Gasteiger partial charge < -0.3 is 24.1 Å². The predicted molar refractivity (Wildman–Crippen MR) is 163 cm³/mol. The fourth-order valence-corrected chi connectivity index (χ4v) is 10.4. The zero-order chi connectivity index (χ0) is 32.4. The summed E-state index contributed by atoms with van der Waals surface area (Å²) in [7, 11) is 0. The van der Waals surface area contributed by atoms with E-state index >= 15 is 0 Å². The summed E-state index contributed by atoms with van der Waals surface area (Å²) in [6.45, 7) is 13.2. The van der Waals surface area contributed by atoms with Crippen LogP contribution < -0.4 is 0 Å². The van der Waals surface area contributed by atoms with Crippen LogP contribution in [0.15, 0.2) is 0 Å². The van der Waals surface area contributed by atoms with Gasteiger partial charge in [-0.3, -0.25) is 19.2 Å². The maximum atomic E-state index is 12.4. The predicted octanol–water partition coefficient (Wildman–Crippen LogP) is 5.64. The summed E-state index contributed by atoms with van der Waals surface area (Å²) in [5, 5.41) is 12.0. The van der Waals surface area contributed by atoms with Gasteiger partial charge in [0.15, 0.2) is 0 Å². The number of fused-ring (bicyclic) bond motifs is 5. The number of aliphatic hydroxyl groups is 1. The van der Waals surface area contributed by atoms with Crippen LogP contribution in [0.1, 0.15) is 113 Å². The zero-order valence-corrected chi connectivity index (χ0v) is 28.0. The molecule has 44 heavy (non-hydrogen) atoms. The molecule has 9 heteroatoms. The Morgan fingerprint density at radius 2 is 1.43 bits per heavy atom. The van der Waals surface area contributed by atoms with E-state index in [2.05, 4.69) is 20.8 Å². The van der Waals surface area contributed by atoms with Crippen molar-refractivity contribution in [3.8, 4) is 0 Å². The fraction of sp³-hybridized carbons (Fsp3) is 0.886. The Kier molecular flexibility index (Phi) is 11.1. The van der Waals surface area contributed by atoms with Crippen LogP contribution in [0, 0.1) is 52.3 Å². The molecule has 4 aliphatic rings. The van der Waals surface area contributed by atoms with E-state index in [1.54, 1.807) is 0 Å². The zero-order valence-electron chi connectivity index (χ0n) is 28.0. The lowest BCUT2D eigenvalue weighted by molar-refractivity contribution is -0.218. The molecule has 0 heterocycles. The number of hydrogen-bond acceptors (Lipinski definition) is 9. The quantitative estimate of drug-likeness (QED) is 0.231. The molecule has 0 aromatic heterocycles. The van der Waals surface area contributed by atoms with E-state index in [9.17, 15) is 24.3 Å². The molecule has 4 aliphatic carbocycles. The molecule has 0 aliphatic heterocycles. The molecular weight excluding hydrogens is 564 g/mol. The highest BCUT2D eigenvalue weighted by atomic mass is 16.6. The topological polar surface area (TPSA) is 125 Å². The van der Waals surface area contributed by atoms with Gasteiger partial charge in [0, 0.05) is 39.5 Å². The lowest BCUT2D eigenvalue weighted by Crippen LogP contribution is -2.63. The van der Waals surface area contributed by atoms with Gasteiger partial charge in [-0.05, 0) is 91.8 Å². The molecule has 4 fully saturated rings. The second-order valence-corrected chi connectivity index (χ2v) is 15.1. The van der Waals surface area contributed by atoms with Crippen molar-refractivity contribution in [3.63, 3.8) is 0 Å². The Morgan fingerprint density at radius 1 is 0.795 bits per heavy atom. The van der Waals surface area contributed by atoms with Crippen molar-refractivity contribution in [2.45, 2.75) is 131 Å². The summed E-state index contributed by atoms with van der Waals surface area (Å²) in [5.74, 6) is 0.469. The Labute approximate surface area is 263 Å². The van der Waals surface area contributed by atoms with Crippen LogP contribution in [0.5, 0.6) is 0 Å². The number of rotatable bonds is 11. The standard InChI is InChI=1S/C35H56O9/c1-20(9-8-10-25(18-41-21(2)36)19-42-22(3)37)28-11-12-29-33-30(17-32(40)35(28,29)7)34(6)14-13-27(43-23(4)38)15-26(34)16-31(33)44-24(5)39/h20,25-33,40H,8-19H2,1-7H3/t20-,26-,27-,28-,29+,30+,31-,32+,33+,34+,35-/m1/s1. The first-order valence-corrected chi connectivity index (χ1v) is 17.0. The van der Waals surface area contributed by atoms with Gasteiger partial charge in [-0.15, -0.1) is 0 Å². The van der Waals surface area contributed by atoms with Gasteiger partial charge in [0.25, 0.3) is 0 Å². The molecular formula is C35H56O9. The summed E-state index contributed by atoms with van der Waals surface area (Å²) in [6.07, 6.45) is 8.03. The van der Waals surface area contributed by atoms with Gasteiger partial charge in [-0.25, -0.2) is 0 Å². The average molecular weight is 621 g/mol. The summed E-state index contributed by atoms with van der Waals surface area (Å²) >= 11 is 0. The largest absolute Gasteiger partial charge is 0.465 e. The third-order valence-corrected chi connectivity index (χ3v) is 12.4. The number of aliphatic hydroxyl groups excluding tert-OH is 1. The summed E-state index contributed by atoms with van der Waals surface area (Å²) in [4.78, 5) is 46.9. The molecule has 0 spiro atoms. The number of carbonyl (C=O) groups excluding carboxylic acids is 4. The van der Waals surface area contributed by atoms with Crippen LogP contribution >= 0.6 is 0 Å². The van der Waals surface area contributed by atoms with Crippen LogP contribution in [0.3, 0.4) is 0 Å². The molecule has 0 bridgehead atoms. The minimum absolute atomic E-state index is 0.00285. The molecule has 0 aromatic carbocycles. The Balaban J connectivity index is 1.48. The smallest absolute Gasteiger partial charge is 0.302 e. The molecule has 4 saturated carbocycles. The van der Waals surface area contributed by atoms with Crippen LogP contribution in [0.4, 0.5) is 0 Å². The Bertz CT molecular complexity index is 1040. The summed E-state index contributed by atoms with van der Waals surface area (Å²) in [6, 6.07) is 0. The molecule has 0 amide bonds. The monoisotopic (exact) mass is 620 g/mol. The van der Waals surface area contributed by atoms with Crippen molar-refractivity contribution >= 4 is 23.9 Å². The third-order valence-electron chi connectivity index (χ3n) is 12.4. The van der Waals surface area contributed by atoms with E-state index in [4.69, 9.17) is 18.9 Å². The fourth-order valence-electron chi connectivity index (χ4n) is 10.4. The minimum Gasteiger partial charge on any atom is -0.465 e. The third kappa shape index (κ3) is 7.28. The van der Waals surface area contributed by atoms with Crippen LogP contribution in [-0.2, 0) is 38.1 Å². The molecule has 11 atom stereocenters. The van der Waals surface area contributed by atoms with E-state index in [0.717, 1.165) is 57.8 Å². The maximum Gasteiger partial charge on any atom is 0.302 e. The van der Waals surface area contributed by atoms with Gasteiger partial charge in [0.1, 0.15) is 12.2 Å². The first-order valence-electron chi connectivity index (χ1n) is 17.0. The second kappa shape index (κ2) is 14.1. The summed E-state index contributed by atoms with van der Waals surface area (Å²) in [5.41, 5.74) is -0.269. The minimum atomic E-state index is -0.441. The molecule has 0 saturated heterocycles.